The minimum absolute atomic E-state index is 0.0118. The smallest absolute Gasteiger partial charge is 0.302 e. The quantitative estimate of drug-likeness (QED) is 0.246. The van der Waals surface area contributed by atoms with E-state index < -0.39 is 35.1 Å². The lowest BCUT2D eigenvalue weighted by molar-refractivity contribution is -0.142. The van der Waals surface area contributed by atoms with Crippen LogP contribution in [0.5, 0.6) is 0 Å². The lowest BCUT2D eigenvalue weighted by atomic mass is 10.1. The first-order chi connectivity index (χ1) is 18.0. The van der Waals surface area contributed by atoms with Gasteiger partial charge in [-0.15, -0.1) is 0 Å². The van der Waals surface area contributed by atoms with E-state index >= 15 is 0 Å². The van der Waals surface area contributed by atoms with E-state index in [-0.39, 0.29) is 44.9 Å². The van der Waals surface area contributed by atoms with E-state index in [0.717, 1.165) is 24.3 Å². The molecule has 0 saturated heterocycles. The zero-order valence-electron chi connectivity index (χ0n) is 18.8. The van der Waals surface area contributed by atoms with Gasteiger partial charge in [-0.05, 0) is 42.5 Å². The number of aromatic nitrogens is 5. The Morgan fingerprint density at radius 3 is 2.39 bits per heavy atom. The Balaban J connectivity index is 1.46. The molecular weight excluding hydrogens is 554 g/mol. The summed E-state index contributed by atoms with van der Waals surface area (Å²) in [4.78, 5) is 17.0. The summed E-state index contributed by atoms with van der Waals surface area (Å²) in [6.07, 6.45) is -3.52. The molecule has 0 saturated carbocycles. The SMILES string of the molecule is O=C(Nc1nn(Cc2c(F)cccc2Cl)cc1Cl)c1cc2nc(-c3ccc(F)cc3)cc(C(F)(F)F)n2n1. The molecule has 0 aliphatic heterocycles. The average Bonchev–Trinajstić information content (AvgIpc) is 3.44. The van der Waals surface area contributed by atoms with Crippen molar-refractivity contribution >= 4 is 40.6 Å². The molecule has 1 amide bonds. The van der Waals surface area contributed by atoms with Gasteiger partial charge in [0.25, 0.3) is 5.91 Å². The minimum atomic E-state index is -4.84. The molecule has 5 aromatic rings. The van der Waals surface area contributed by atoms with Gasteiger partial charge in [-0.1, -0.05) is 29.3 Å². The first-order valence-corrected chi connectivity index (χ1v) is 11.5. The van der Waals surface area contributed by atoms with Crippen LogP contribution in [0.15, 0.2) is 60.8 Å². The summed E-state index contributed by atoms with van der Waals surface area (Å²) in [5.41, 5.74) is -1.57. The second kappa shape index (κ2) is 9.69. The highest BCUT2D eigenvalue weighted by Gasteiger charge is 2.35. The maximum absolute atomic E-state index is 14.1. The molecule has 0 atom stereocenters. The summed E-state index contributed by atoms with van der Waals surface area (Å²) in [7, 11) is 0. The van der Waals surface area contributed by atoms with Gasteiger partial charge in [-0.2, -0.15) is 23.4 Å². The van der Waals surface area contributed by atoms with Crippen LogP contribution in [0.2, 0.25) is 10.0 Å². The topological polar surface area (TPSA) is 77.1 Å². The molecule has 0 unspecified atom stereocenters. The molecule has 14 heteroatoms. The van der Waals surface area contributed by atoms with Crippen LogP contribution >= 0.6 is 23.2 Å². The molecule has 0 radical (unpaired) electrons. The zero-order valence-corrected chi connectivity index (χ0v) is 20.3. The standard InChI is InChI=1S/C24H13Cl2F5N6O/c25-15-2-1-3-17(28)14(15)10-36-11-16(26)22(35-36)33-23(38)19-9-21-32-18(12-4-6-13(27)7-5-12)8-20(24(29,30)31)37(21)34-19/h1-9,11H,10H2,(H,33,35,38). The van der Waals surface area contributed by atoms with Gasteiger partial charge in [0.15, 0.2) is 22.9 Å². The summed E-state index contributed by atoms with van der Waals surface area (Å²) < 4.78 is 70.5. The normalized spacial score (nSPS) is 11.8. The van der Waals surface area contributed by atoms with Crippen LogP contribution in [0.25, 0.3) is 16.9 Å². The zero-order chi connectivity index (χ0) is 27.2. The van der Waals surface area contributed by atoms with Crippen LogP contribution in [0, 0.1) is 11.6 Å². The third-order valence-electron chi connectivity index (χ3n) is 5.42. The van der Waals surface area contributed by atoms with Crippen LogP contribution < -0.4 is 5.32 Å². The van der Waals surface area contributed by atoms with E-state index in [1.807, 2.05) is 0 Å². The van der Waals surface area contributed by atoms with E-state index in [2.05, 4.69) is 20.5 Å². The third-order valence-corrected chi connectivity index (χ3v) is 6.05. The monoisotopic (exact) mass is 566 g/mol. The Kier molecular flexibility index (Phi) is 6.53. The molecule has 1 N–H and O–H groups in total. The highest BCUT2D eigenvalue weighted by molar-refractivity contribution is 6.33. The second-order valence-electron chi connectivity index (χ2n) is 8.01. The number of carbonyl (C=O) groups is 1. The average molecular weight is 567 g/mol. The number of halogens is 7. The van der Waals surface area contributed by atoms with Crippen molar-refractivity contribution in [3.05, 3.63) is 99.4 Å². The van der Waals surface area contributed by atoms with Crippen molar-refractivity contribution in [1.29, 1.82) is 0 Å². The number of alkyl halides is 3. The van der Waals surface area contributed by atoms with Crippen molar-refractivity contribution in [3.8, 4) is 11.3 Å². The molecule has 5 rings (SSSR count). The van der Waals surface area contributed by atoms with Gasteiger partial charge in [0.1, 0.15) is 16.7 Å². The molecule has 38 heavy (non-hydrogen) atoms. The molecule has 3 aromatic heterocycles. The molecule has 194 valence electrons. The predicted octanol–water partition coefficient (Wildman–Crippen LogP) is 6.50. The van der Waals surface area contributed by atoms with E-state index in [1.165, 1.54) is 41.2 Å². The first kappa shape index (κ1) is 25.6. The number of hydrogen-bond acceptors (Lipinski definition) is 4. The molecule has 0 bridgehead atoms. The molecule has 0 spiro atoms. The Bertz CT molecular complexity index is 1660. The summed E-state index contributed by atoms with van der Waals surface area (Å²) in [5.74, 6) is -2.17. The van der Waals surface area contributed by atoms with Crippen molar-refractivity contribution in [3.63, 3.8) is 0 Å². The Hall–Kier alpha value is -4.03. The van der Waals surface area contributed by atoms with E-state index in [1.54, 1.807) is 0 Å². The molecule has 0 aliphatic rings. The molecule has 0 aliphatic carbocycles. The maximum atomic E-state index is 14.1. The van der Waals surface area contributed by atoms with Crippen molar-refractivity contribution < 1.29 is 26.7 Å². The predicted molar refractivity (Wildman–Crippen MR) is 129 cm³/mol. The molecule has 2 aromatic carbocycles. The van der Waals surface area contributed by atoms with Crippen LogP contribution in [0.4, 0.5) is 27.8 Å². The van der Waals surface area contributed by atoms with E-state index in [0.29, 0.717) is 4.52 Å². The molecule has 7 nitrogen and oxygen atoms in total. The van der Waals surface area contributed by atoms with Gasteiger partial charge in [0.2, 0.25) is 0 Å². The van der Waals surface area contributed by atoms with Gasteiger partial charge in [-0.25, -0.2) is 18.3 Å². The highest BCUT2D eigenvalue weighted by atomic mass is 35.5. The van der Waals surface area contributed by atoms with Crippen LogP contribution in [-0.2, 0) is 12.7 Å². The van der Waals surface area contributed by atoms with E-state index in [4.69, 9.17) is 23.2 Å². The third kappa shape index (κ3) is 5.04. The van der Waals surface area contributed by atoms with Crippen LogP contribution in [0.1, 0.15) is 21.7 Å². The number of nitrogens with zero attached hydrogens (tertiary/aromatic N) is 5. The Morgan fingerprint density at radius 2 is 1.71 bits per heavy atom. The summed E-state index contributed by atoms with van der Waals surface area (Å²) in [6.45, 7) is -0.0967. The van der Waals surface area contributed by atoms with Gasteiger partial charge in [-0.3, -0.25) is 9.48 Å². The minimum Gasteiger partial charge on any atom is -0.302 e. The number of benzene rings is 2. The summed E-state index contributed by atoms with van der Waals surface area (Å²) >= 11 is 12.2. The fraction of sp³-hybridized carbons (Fsp3) is 0.0833. The number of amides is 1. The summed E-state index contributed by atoms with van der Waals surface area (Å²) in [5, 5.41) is 10.4. The lowest BCUT2D eigenvalue weighted by Gasteiger charge is -2.11. The van der Waals surface area contributed by atoms with Crippen LogP contribution in [0.3, 0.4) is 0 Å². The van der Waals surface area contributed by atoms with Gasteiger partial charge in [0.05, 0.1) is 12.2 Å². The molecular formula is C24H13Cl2F5N6O. The van der Waals surface area contributed by atoms with Gasteiger partial charge < -0.3 is 5.32 Å². The fourth-order valence-corrected chi connectivity index (χ4v) is 4.06. The van der Waals surface area contributed by atoms with Gasteiger partial charge >= 0.3 is 6.18 Å². The maximum Gasteiger partial charge on any atom is 0.433 e. The summed E-state index contributed by atoms with van der Waals surface area (Å²) in [6, 6.07) is 10.7. The van der Waals surface area contributed by atoms with Crippen molar-refractivity contribution in [2.45, 2.75) is 12.7 Å². The highest BCUT2D eigenvalue weighted by Crippen LogP contribution is 2.32. The Morgan fingerprint density at radius 1 is 0.974 bits per heavy atom. The number of fused-ring (bicyclic) bond motifs is 1. The van der Waals surface area contributed by atoms with E-state index in [9.17, 15) is 26.7 Å². The molecule has 0 fully saturated rings. The number of rotatable bonds is 5. The fourth-order valence-electron chi connectivity index (χ4n) is 3.64. The molecule has 3 heterocycles. The second-order valence-corrected chi connectivity index (χ2v) is 8.82. The van der Waals surface area contributed by atoms with Crippen molar-refractivity contribution in [2.24, 2.45) is 0 Å². The largest absolute Gasteiger partial charge is 0.433 e. The van der Waals surface area contributed by atoms with Crippen LogP contribution in [-0.4, -0.2) is 30.3 Å². The number of hydrogen-bond donors (Lipinski definition) is 1. The van der Waals surface area contributed by atoms with Crippen molar-refractivity contribution in [2.75, 3.05) is 5.32 Å². The number of nitrogens with one attached hydrogen (secondary N) is 1. The lowest BCUT2D eigenvalue weighted by Crippen LogP contribution is -2.16. The number of anilines is 1. The first-order valence-electron chi connectivity index (χ1n) is 10.7. The number of carbonyl (C=O) groups excluding carboxylic acids is 1. The van der Waals surface area contributed by atoms with Gasteiger partial charge in [0, 0.05) is 28.4 Å². The Labute approximate surface area is 220 Å². The van der Waals surface area contributed by atoms with Crippen molar-refractivity contribution in [1.82, 2.24) is 24.4 Å².